The monoisotopic (exact) mass is 368 g/mol. The maximum atomic E-state index is 14.3. The van der Waals surface area contributed by atoms with Crippen molar-refractivity contribution >= 4 is 5.91 Å². The highest BCUT2D eigenvalue weighted by atomic mass is 19.1. The fourth-order valence-electron chi connectivity index (χ4n) is 3.94. The first-order valence-electron chi connectivity index (χ1n) is 9.63. The molecule has 1 aliphatic heterocycles. The van der Waals surface area contributed by atoms with Crippen LogP contribution in [0.25, 0.3) is 0 Å². The molecule has 142 valence electrons. The summed E-state index contributed by atoms with van der Waals surface area (Å²) in [6, 6.07) is 6.71. The van der Waals surface area contributed by atoms with E-state index in [1.54, 1.807) is 18.3 Å². The zero-order valence-electron chi connectivity index (χ0n) is 15.7. The summed E-state index contributed by atoms with van der Waals surface area (Å²) in [5, 5.41) is 0. The SMILES string of the molecule is Cc1cnc(CN2CCCN(C(=O)C3(c4ccccc4F)CC3)CC2)cn1. The van der Waals surface area contributed by atoms with Crippen LogP contribution < -0.4 is 0 Å². The molecule has 2 aromatic rings. The van der Waals surface area contributed by atoms with Crippen LogP contribution >= 0.6 is 0 Å². The first-order valence-corrected chi connectivity index (χ1v) is 9.63. The van der Waals surface area contributed by atoms with Gasteiger partial charge in [0, 0.05) is 50.7 Å². The molecule has 1 aliphatic carbocycles. The summed E-state index contributed by atoms with van der Waals surface area (Å²) >= 11 is 0. The van der Waals surface area contributed by atoms with E-state index in [4.69, 9.17) is 0 Å². The van der Waals surface area contributed by atoms with Gasteiger partial charge in [0.2, 0.25) is 5.91 Å². The van der Waals surface area contributed by atoms with Crippen LogP contribution in [0.1, 0.15) is 36.2 Å². The molecule has 0 spiro atoms. The number of carbonyl (C=O) groups is 1. The van der Waals surface area contributed by atoms with E-state index in [9.17, 15) is 9.18 Å². The van der Waals surface area contributed by atoms with Gasteiger partial charge in [0.25, 0.3) is 0 Å². The fraction of sp³-hybridized carbons (Fsp3) is 0.476. The Morgan fingerprint density at radius 1 is 1.11 bits per heavy atom. The number of rotatable bonds is 4. The minimum atomic E-state index is -0.636. The Labute approximate surface area is 159 Å². The molecule has 1 aromatic heterocycles. The summed E-state index contributed by atoms with van der Waals surface area (Å²) < 4.78 is 14.3. The first kappa shape index (κ1) is 18.0. The zero-order valence-corrected chi connectivity index (χ0v) is 15.7. The summed E-state index contributed by atoms with van der Waals surface area (Å²) in [6.45, 7) is 5.80. The highest BCUT2D eigenvalue weighted by Gasteiger charge is 2.54. The Kier molecular flexibility index (Phi) is 4.91. The quantitative estimate of drug-likeness (QED) is 0.833. The molecule has 0 radical (unpaired) electrons. The number of hydrogen-bond acceptors (Lipinski definition) is 4. The molecule has 27 heavy (non-hydrogen) atoms. The predicted molar refractivity (Wildman–Crippen MR) is 101 cm³/mol. The molecule has 0 atom stereocenters. The van der Waals surface area contributed by atoms with E-state index in [2.05, 4.69) is 14.9 Å². The van der Waals surface area contributed by atoms with Crippen LogP contribution in [0.4, 0.5) is 4.39 Å². The van der Waals surface area contributed by atoms with Crippen LogP contribution in [0, 0.1) is 12.7 Å². The smallest absolute Gasteiger partial charge is 0.233 e. The number of carbonyl (C=O) groups excluding carboxylic acids is 1. The van der Waals surface area contributed by atoms with E-state index in [1.165, 1.54) is 6.07 Å². The molecular weight excluding hydrogens is 343 g/mol. The maximum Gasteiger partial charge on any atom is 0.233 e. The number of hydrogen-bond donors (Lipinski definition) is 0. The third kappa shape index (κ3) is 3.72. The third-order valence-electron chi connectivity index (χ3n) is 5.64. The highest BCUT2D eigenvalue weighted by Crippen LogP contribution is 2.50. The van der Waals surface area contributed by atoms with Gasteiger partial charge in [-0.1, -0.05) is 18.2 Å². The Morgan fingerprint density at radius 2 is 1.93 bits per heavy atom. The summed E-state index contributed by atoms with van der Waals surface area (Å²) in [7, 11) is 0. The standard InChI is InChI=1S/C21H25FN4O/c1-16-13-24-17(14-23-16)15-25-9-4-10-26(12-11-25)20(27)21(7-8-21)18-5-2-3-6-19(18)22/h2-3,5-6,13-14H,4,7-12,15H2,1H3. The Balaban J connectivity index is 1.41. The van der Waals surface area contributed by atoms with Crippen molar-refractivity contribution in [2.45, 2.75) is 38.1 Å². The number of halogens is 1. The lowest BCUT2D eigenvalue weighted by molar-refractivity contribution is -0.133. The molecule has 0 unspecified atom stereocenters. The second kappa shape index (κ2) is 7.35. The van der Waals surface area contributed by atoms with Crippen molar-refractivity contribution in [1.82, 2.24) is 19.8 Å². The lowest BCUT2D eigenvalue weighted by Crippen LogP contribution is -2.41. The number of nitrogens with zero attached hydrogens (tertiary/aromatic N) is 4. The van der Waals surface area contributed by atoms with Crippen LogP contribution in [0.2, 0.25) is 0 Å². The van der Waals surface area contributed by atoms with Gasteiger partial charge in [-0.3, -0.25) is 19.7 Å². The lowest BCUT2D eigenvalue weighted by Gasteiger charge is -2.27. The van der Waals surface area contributed by atoms with Crippen molar-refractivity contribution in [3.05, 3.63) is 59.4 Å². The van der Waals surface area contributed by atoms with Crippen LogP contribution in [0.15, 0.2) is 36.7 Å². The van der Waals surface area contributed by atoms with E-state index in [0.717, 1.165) is 56.8 Å². The van der Waals surface area contributed by atoms with E-state index >= 15 is 0 Å². The largest absolute Gasteiger partial charge is 0.341 e. The van der Waals surface area contributed by atoms with E-state index < -0.39 is 5.41 Å². The molecule has 1 aromatic carbocycles. The van der Waals surface area contributed by atoms with Gasteiger partial charge in [-0.15, -0.1) is 0 Å². The molecule has 1 saturated carbocycles. The normalized spacial score (nSPS) is 19.6. The zero-order chi connectivity index (χ0) is 18.9. The number of amides is 1. The predicted octanol–water partition coefficient (Wildman–Crippen LogP) is 2.69. The van der Waals surface area contributed by atoms with Gasteiger partial charge < -0.3 is 4.90 Å². The highest BCUT2D eigenvalue weighted by molar-refractivity contribution is 5.91. The van der Waals surface area contributed by atoms with Crippen molar-refractivity contribution in [2.75, 3.05) is 26.2 Å². The van der Waals surface area contributed by atoms with Gasteiger partial charge in [-0.05, 0) is 32.3 Å². The van der Waals surface area contributed by atoms with Crippen LogP contribution in [0.5, 0.6) is 0 Å². The number of aromatic nitrogens is 2. The average Bonchev–Trinajstić information content (AvgIpc) is 3.49. The van der Waals surface area contributed by atoms with E-state index in [1.807, 2.05) is 24.1 Å². The lowest BCUT2D eigenvalue weighted by atomic mass is 9.93. The molecule has 0 N–H and O–H groups in total. The maximum absolute atomic E-state index is 14.3. The second-order valence-electron chi connectivity index (χ2n) is 7.63. The van der Waals surface area contributed by atoms with Crippen molar-refractivity contribution < 1.29 is 9.18 Å². The molecule has 1 saturated heterocycles. The average molecular weight is 368 g/mol. The van der Waals surface area contributed by atoms with Crippen LogP contribution in [-0.4, -0.2) is 51.9 Å². The molecule has 2 heterocycles. The minimum absolute atomic E-state index is 0.0876. The molecule has 6 heteroatoms. The molecule has 4 rings (SSSR count). The van der Waals surface area contributed by atoms with Crippen LogP contribution in [0.3, 0.4) is 0 Å². The number of benzene rings is 1. The van der Waals surface area contributed by atoms with Crippen molar-refractivity contribution in [1.29, 1.82) is 0 Å². The summed E-state index contributed by atoms with van der Waals surface area (Å²) in [6.07, 6.45) is 6.00. The minimum Gasteiger partial charge on any atom is -0.341 e. The van der Waals surface area contributed by atoms with Gasteiger partial charge in [0.1, 0.15) is 5.82 Å². The topological polar surface area (TPSA) is 49.3 Å². The van der Waals surface area contributed by atoms with E-state index in [-0.39, 0.29) is 11.7 Å². The van der Waals surface area contributed by atoms with Gasteiger partial charge in [0.15, 0.2) is 0 Å². The first-order chi connectivity index (χ1) is 13.1. The van der Waals surface area contributed by atoms with Gasteiger partial charge >= 0.3 is 0 Å². The van der Waals surface area contributed by atoms with Gasteiger partial charge in [-0.2, -0.15) is 0 Å². The second-order valence-corrected chi connectivity index (χ2v) is 7.63. The Bertz CT molecular complexity index is 819. The van der Waals surface area contributed by atoms with Crippen molar-refractivity contribution in [3.63, 3.8) is 0 Å². The summed E-state index contributed by atoms with van der Waals surface area (Å²) in [4.78, 5) is 26.2. The van der Waals surface area contributed by atoms with Crippen molar-refractivity contribution in [3.8, 4) is 0 Å². The Hall–Kier alpha value is -2.34. The molecule has 2 fully saturated rings. The van der Waals surface area contributed by atoms with Gasteiger partial charge in [0.05, 0.1) is 16.8 Å². The summed E-state index contributed by atoms with van der Waals surface area (Å²) in [5.41, 5.74) is 1.79. The van der Waals surface area contributed by atoms with Gasteiger partial charge in [-0.25, -0.2) is 4.39 Å². The molecule has 0 bridgehead atoms. The summed E-state index contributed by atoms with van der Waals surface area (Å²) in [5.74, 6) is -0.178. The third-order valence-corrected chi connectivity index (χ3v) is 5.64. The van der Waals surface area contributed by atoms with Crippen LogP contribution in [-0.2, 0) is 16.8 Å². The molecule has 1 amide bonds. The van der Waals surface area contributed by atoms with Crippen molar-refractivity contribution in [2.24, 2.45) is 0 Å². The fourth-order valence-corrected chi connectivity index (χ4v) is 3.94. The molecule has 2 aliphatic rings. The molecule has 5 nitrogen and oxygen atoms in total. The number of aryl methyl sites for hydroxylation is 1. The Morgan fingerprint density at radius 3 is 2.63 bits per heavy atom. The molecular formula is C21H25FN4O. The van der Waals surface area contributed by atoms with E-state index in [0.29, 0.717) is 12.1 Å².